The number of nitrogens with one attached hydrogen (secondary N) is 1. The lowest BCUT2D eigenvalue weighted by Gasteiger charge is -2.26. The summed E-state index contributed by atoms with van der Waals surface area (Å²) in [6.45, 7) is 4.71. The van der Waals surface area contributed by atoms with Crippen molar-refractivity contribution in [2.24, 2.45) is 13.0 Å². The molecule has 3 rings (SSSR count). The summed E-state index contributed by atoms with van der Waals surface area (Å²) in [7, 11) is 3.79. The lowest BCUT2D eigenvalue weighted by atomic mass is 10.0. The monoisotopic (exact) mass is 383 g/mol. The molecule has 2 aromatic rings. The van der Waals surface area contributed by atoms with E-state index in [4.69, 9.17) is 0 Å². The van der Waals surface area contributed by atoms with Gasteiger partial charge in [-0.2, -0.15) is 5.10 Å². The number of carbonyl (C=O) groups is 2. The number of pyridine rings is 1. The molecule has 2 amide bonds. The molecule has 0 radical (unpaired) electrons. The predicted molar refractivity (Wildman–Crippen MR) is 107 cm³/mol. The Morgan fingerprint density at radius 1 is 1.25 bits per heavy atom. The summed E-state index contributed by atoms with van der Waals surface area (Å²) in [6.07, 6.45) is 6.59. The number of carbonyl (C=O) groups excluding carboxylic acids is 2. The fraction of sp³-hybridized carbons (Fsp3) is 0.524. The number of amides is 2. The topological polar surface area (TPSA) is 80.1 Å². The van der Waals surface area contributed by atoms with Gasteiger partial charge in [-0.3, -0.25) is 19.3 Å². The standard InChI is InChI=1S/C21H29N5O2/c1-14-17(15(2)26(4)24-14)10-13-25(3)21(28)18-6-5-7-19(18)23-20(27)16-8-11-22-12-9-16/h8-9,11-12,18-19H,5-7,10,13H2,1-4H3,(H,23,27)/t18-,19+/m0/s1. The van der Waals surface area contributed by atoms with Gasteiger partial charge in [-0.25, -0.2) is 0 Å². The maximum Gasteiger partial charge on any atom is 0.251 e. The number of aromatic nitrogens is 3. The van der Waals surface area contributed by atoms with Crippen molar-refractivity contribution in [3.8, 4) is 0 Å². The molecule has 7 heteroatoms. The van der Waals surface area contributed by atoms with Crippen LogP contribution in [0.5, 0.6) is 0 Å². The predicted octanol–water partition coefficient (Wildman–Crippen LogP) is 2.03. The molecule has 0 bridgehead atoms. The molecule has 0 spiro atoms. The maximum atomic E-state index is 13.0. The normalized spacial score (nSPS) is 18.9. The van der Waals surface area contributed by atoms with Crippen molar-refractivity contribution in [1.29, 1.82) is 0 Å². The van der Waals surface area contributed by atoms with Crippen molar-refractivity contribution < 1.29 is 9.59 Å². The summed E-state index contributed by atoms with van der Waals surface area (Å²) in [5.41, 5.74) is 3.94. The highest BCUT2D eigenvalue weighted by Gasteiger charge is 2.35. The molecule has 2 atom stereocenters. The molecular formula is C21H29N5O2. The first-order chi connectivity index (χ1) is 13.4. The highest BCUT2D eigenvalue weighted by molar-refractivity contribution is 5.94. The van der Waals surface area contributed by atoms with Gasteiger partial charge in [0.25, 0.3) is 5.91 Å². The molecule has 1 N–H and O–H groups in total. The third-order valence-electron chi connectivity index (χ3n) is 5.82. The van der Waals surface area contributed by atoms with E-state index in [1.807, 2.05) is 25.7 Å². The molecule has 28 heavy (non-hydrogen) atoms. The van der Waals surface area contributed by atoms with E-state index in [0.717, 1.165) is 37.1 Å². The Morgan fingerprint density at radius 3 is 2.61 bits per heavy atom. The molecule has 0 unspecified atom stereocenters. The van der Waals surface area contributed by atoms with Crippen molar-refractivity contribution in [2.45, 2.75) is 45.6 Å². The fourth-order valence-corrected chi connectivity index (χ4v) is 4.04. The van der Waals surface area contributed by atoms with Crippen molar-refractivity contribution in [3.63, 3.8) is 0 Å². The summed E-state index contributed by atoms with van der Waals surface area (Å²) in [5, 5.41) is 7.49. The smallest absolute Gasteiger partial charge is 0.251 e. The Balaban J connectivity index is 1.59. The number of hydrogen-bond acceptors (Lipinski definition) is 4. The lowest BCUT2D eigenvalue weighted by molar-refractivity contribution is -0.134. The van der Waals surface area contributed by atoms with Crippen LogP contribution in [0.1, 0.15) is 46.6 Å². The molecule has 1 aliphatic carbocycles. The average molecular weight is 383 g/mol. The van der Waals surface area contributed by atoms with Crippen molar-refractivity contribution in [1.82, 2.24) is 25.0 Å². The van der Waals surface area contributed by atoms with Gasteiger partial charge < -0.3 is 10.2 Å². The van der Waals surface area contributed by atoms with Gasteiger partial charge in [0.1, 0.15) is 0 Å². The third kappa shape index (κ3) is 4.24. The van der Waals surface area contributed by atoms with Crippen LogP contribution in [0.25, 0.3) is 0 Å². The van der Waals surface area contributed by atoms with Gasteiger partial charge in [0.05, 0.1) is 11.6 Å². The Morgan fingerprint density at radius 2 is 1.96 bits per heavy atom. The summed E-state index contributed by atoms with van der Waals surface area (Å²) < 4.78 is 1.88. The Hall–Kier alpha value is -2.70. The second-order valence-corrected chi connectivity index (χ2v) is 7.64. The zero-order chi connectivity index (χ0) is 20.3. The van der Waals surface area contributed by atoms with Crippen LogP contribution in [0.15, 0.2) is 24.5 Å². The number of likely N-dealkylation sites (N-methyl/N-ethyl adjacent to an activating group) is 1. The van der Waals surface area contributed by atoms with Crippen LogP contribution in [-0.2, 0) is 18.3 Å². The van der Waals surface area contributed by atoms with Crippen molar-refractivity contribution >= 4 is 11.8 Å². The number of rotatable bonds is 6. The second kappa shape index (κ2) is 8.54. The fourth-order valence-electron chi connectivity index (χ4n) is 4.04. The molecule has 0 saturated heterocycles. The average Bonchev–Trinajstić information content (AvgIpc) is 3.24. The summed E-state index contributed by atoms with van der Waals surface area (Å²) in [4.78, 5) is 31.2. The van der Waals surface area contributed by atoms with Crippen molar-refractivity contribution in [3.05, 3.63) is 47.0 Å². The molecule has 1 saturated carbocycles. The van der Waals surface area contributed by atoms with E-state index in [0.29, 0.717) is 12.1 Å². The van der Waals surface area contributed by atoms with Crippen LogP contribution in [0.2, 0.25) is 0 Å². The molecule has 2 aromatic heterocycles. The third-order valence-corrected chi connectivity index (χ3v) is 5.82. The van der Waals surface area contributed by atoms with Gasteiger partial charge in [0.15, 0.2) is 0 Å². The molecule has 2 heterocycles. The minimum Gasteiger partial charge on any atom is -0.349 e. The number of aryl methyl sites for hydroxylation is 2. The van der Waals surface area contributed by atoms with E-state index >= 15 is 0 Å². The summed E-state index contributed by atoms with van der Waals surface area (Å²) in [5.74, 6) is -0.194. The van der Waals surface area contributed by atoms with E-state index in [9.17, 15) is 9.59 Å². The molecular weight excluding hydrogens is 354 g/mol. The Kier molecular flexibility index (Phi) is 6.11. The largest absolute Gasteiger partial charge is 0.349 e. The van der Waals surface area contributed by atoms with Gasteiger partial charge >= 0.3 is 0 Å². The van der Waals surface area contributed by atoms with Crippen LogP contribution in [0, 0.1) is 19.8 Å². The van der Waals surface area contributed by atoms with Gasteiger partial charge in [0, 0.05) is 50.3 Å². The van der Waals surface area contributed by atoms with E-state index in [-0.39, 0.29) is 23.8 Å². The van der Waals surface area contributed by atoms with Crippen LogP contribution in [0.4, 0.5) is 0 Å². The molecule has 150 valence electrons. The molecule has 1 aliphatic rings. The summed E-state index contributed by atoms with van der Waals surface area (Å²) >= 11 is 0. The van der Waals surface area contributed by atoms with Gasteiger partial charge in [-0.1, -0.05) is 6.42 Å². The highest BCUT2D eigenvalue weighted by Crippen LogP contribution is 2.28. The number of hydrogen-bond donors (Lipinski definition) is 1. The minimum atomic E-state index is -0.160. The van der Waals surface area contributed by atoms with Gasteiger partial charge in [0.2, 0.25) is 5.91 Å². The Labute approximate surface area is 166 Å². The van der Waals surface area contributed by atoms with Gasteiger partial charge in [-0.15, -0.1) is 0 Å². The Bertz CT molecular complexity index is 846. The van der Waals surface area contributed by atoms with E-state index in [1.54, 1.807) is 29.4 Å². The minimum absolute atomic E-state index is 0.108. The SMILES string of the molecule is Cc1nn(C)c(C)c1CCN(C)C(=O)[C@H]1CCC[C@H]1NC(=O)c1ccncc1. The van der Waals surface area contributed by atoms with E-state index in [2.05, 4.69) is 22.3 Å². The van der Waals surface area contributed by atoms with Crippen molar-refractivity contribution in [2.75, 3.05) is 13.6 Å². The van der Waals surface area contributed by atoms with E-state index in [1.165, 1.54) is 5.56 Å². The molecule has 1 fully saturated rings. The quantitative estimate of drug-likeness (QED) is 0.828. The first kappa shape index (κ1) is 20.0. The number of nitrogens with zero attached hydrogens (tertiary/aromatic N) is 4. The maximum absolute atomic E-state index is 13.0. The molecule has 0 aromatic carbocycles. The summed E-state index contributed by atoms with van der Waals surface area (Å²) in [6, 6.07) is 3.26. The zero-order valence-corrected chi connectivity index (χ0v) is 17.1. The molecule has 7 nitrogen and oxygen atoms in total. The first-order valence-electron chi connectivity index (χ1n) is 9.83. The van der Waals surface area contributed by atoms with Crippen LogP contribution in [-0.4, -0.2) is 51.1 Å². The zero-order valence-electron chi connectivity index (χ0n) is 17.1. The molecule has 0 aliphatic heterocycles. The van der Waals surface area contributed by atoms with E-state index < -0.39 is 0 Å². The van der Waals surface area contributed by atoms with Crippen LogP contribution < -0.4 is 5.32 Å². The van der Waals surface area contributed by atoms with Gasteiger partial charge in [-0.05, 0) is 50.8 Å². The van der Waals surface area contributed by atoms with Crippen LogP contribution >= 0.6 is 0 Å². The lowest BCUT2D eigenvalue weighted by Crippen LogP contribution is -2.45. The first-order valence-corrected chi connectivity index (χ1v) is 9.83. The second-order valence-electron chi connectivity index (χ2n) is 7.64. The highest BCUT2D eigenvalue weighted by atomic mass is 16.2. The van der Waals surface area contributed by atoms with Crippen LogP contribution in [0.3, 0.4) is 0 Å².